The number of nitrogens with zero attached hydrogens (tertiary/aromatic N) is 1. The fourth-order valence-electron chi connectivity index (χ4n) is 2.89. The maximum Gasteiger partial charge on any atom is 0.417 e. The third-order valence-corrected chi connectivity index (χ3v) is 4.14. The van der Waals surface area contributed by atoms with Crippen LogP contribution in [0.25, 0.3) is 0 Å². The highest BCUT2D eigenvalue weighted by molar-refractivity contribution is 7.80. The van der Waals surface area contributed by atoms with Gasteiger partial charge in [0.05, 0.1) is 5.56 Å². The summed E-state index contributed by atoms with van der Waals surface area (Å²) in [5.41, 5.74) is 5.14. The summed E-state index contributed by atoms with van der Waals surface area (Å²) in [6.45, 7) is 3.74. The lowest BCUT2D eigenvalue weighted by molar-refractivity contribution is -0.137. The second kappa shape index (κ2) is 6.22. The topological polar surface area (TPSA) is 29.3 Å². The summed E-state index contributed by atoms with van der Waals surface area (Å²) in [4.78, 5) is 1.79. The fourth-order valence-corrected chi connectivity index (χ4v) is 3.07. The molecule has 1 aliphatic rings. The molecular weight excluding hydrogens is 297 g/mol. The van der Waals surface area contributed by atoms with Crippen molar-refractivity contribution in [1.82, 2.24) is 0 Å². The van der Waals surface area contributed by atoms with E-state index in [0.29, 0.717) is 11.6 Å². The first-order valence-electron chi connectivity index (χ1n) is 7.09. The largest absolute Gasteiger partial charge is 0.417 e. The van der Waals surface area contributed by atoms with Gasteiger partial charge in [0.2, 0.25) is 0 Å². The standard InChI is InChI=1S/C15H19F3N2S/c1-2-3-10-6-7-20(9-10)11-4-5-12(14(19)21)13(8-11)15(16,17)18/h4-5,8,10H,2-3,6-7,9H2,1H3,(H2,19,21). The van der Waals surface area contributed by atoms with E-state index in [1.165, 1.54) is 12.1 Å². The summed E-state index contributed by atoms with van der Waals surface area (Å²) in [6, 6.07) is 4.23. The molecule has 0 bridgehead atoms. The average Bonchev–Trinajstić information content (AvgIpc) is 2.86. The van der Waals surface area contributed by atoms with Gasteiger partial charge in [0, 0.05) is 24.3 Å². The van der Waals surface area contributed by atoms with Crippen molar-refractivity contribution >= 4 is 22.9 Å². The Hall–Kier alpha value is -1.30. The van der Waals surface area contributed by atoms with Crippen LogP contribution in [-0.2, 0) is 6.18 Å². The summed E-state index contributed by atoms with van der Waals surface area (Å²) >= 11 is 4.71. The maximum absolute atomic E-state index is 13.1. The smallest absolute Gasteiger partial charge is 0.389 e. The zero-order chi connectivity index (χ0) is 15.6. The first-order valence-corrected chi connectivity index (χ1v) is 7.49. The van der Waals surface area contributed by atoms with Crippen LogP contribution in [0.1, 0.15) is 37.3 Å². The van der Waals surface area contributed by atoms with Crippen LogP contribution >= 0.6 is 12.2 Å². The molecule has 21 heavy (non-hydrogen) atoms. The van der Waals surface area contributed by atoms with Crippen LogP contribution in [0.15, 0.2) is 18.2 Å². The Balaban J connectivity index is 2.29. The van der Waals surface area contributed by atoms with E-state index in [1.54, 1.807) is 6.07 Å². The summed E-state index contributed by atoms with van der Waals surface area (Å²) in [5.74, 6) is 0.569. The molecule has 1 fully saturated rings. The monoisotopic (exact) mass is 316 g/mol. The van der Waals surface area contributed by atoms with Crippen molar-refractivity contribution in [3.05, 3.63) is 29.3 Å². The van der Waals surface area contributed by atoms with Crippen molar-refractivity contribution < 1.29 is 13.2 Å². The molecule has 1 atom stereocenters. The van der Waals surface area contributed by atoms with Gasteiger partial charge in [-0.3, -0.25) is 0 Å². The van der Waals surface area contributed by atoms with Gasteiger partial charge in [-0.15, -0.1) is 0 Å². The molecule has 1 heterocycles. The van der Waals surface area contributed by atoms with Crippen LogP contribution < -0.4 is 10.6 Å². The SMILES string of the molecule is CCCC1CCN(c2ccc(C(N)=S)c(C(F)(F)F)c2)C1. The van der Waals surface area contributed by atoms with Crippen molar-refractivity contribution in [3.8, 4) is 0 Å². The van der Waals surface area contributed by atoms with E-state index in [9.17, 15) is 13.2 Å². The minimum Gasteiger partial charge on any atom is -0.389 e. The van der Waals surface area contributed by atoms with Gasteiger partial charge in [-0.25, -0.2) is 0 Å². The number of alkyl halides is 3. The molecule has 0 aromatic heterocycles. The molecule has 2 nitrogen and oxygen atoms in total. The highest BCUT2D eigenvalue weighted by atomic mass is 32.1. The van der Waals surface area contributed by atoms with Crippen LogP contribution in [0.4, 0.5) is 18.9 Å². The van der Waals surface area contributed by atoms with Gasteiger partial charge in [-0.1, -0.05) is 25.6 Å². The number of anilines is 1. The van der Waals surface area contributed by atoms with Gasteiger partial charge in [0.25, 0.3) is 0 Å². The minimum atomic E-state index is -4.45. The van der Waals surface area contributed by atoms with E-state index in [0.717, 1.165) is 32.4 Å². The maximum atomic E-state index is 13.1. The first-order chi connectivity index (χ1) is 9.82. The van der Waals surface area contributed by atoms with Crippen molar-refractivity contribution in [3.63, 3.8) is 0 Å². The lowest BCUT2D eigenvalue weighted by Gasteiger charge is -2.21. The summed E-state index contributed by atoms with van der Waals surface area (Å²) in [7, 11) is 0. The molecule has 0 saturated carbocycles. The second-order valence-electron chi connectivity index (χ2n) is 5.48. The van der Waals surface area contributed by atoms with E-state index in [2.05, 4.69) is 6.92 Å². The van der Waals surface area contributed by atoms with Crippen molar-refractivity contribution in [2.24, 2.45) is 11.7 Å². The Bertz CT molecular complexity index is 528. The molecule has 2 N–H and O–H groups in total. The zero-order valence-electron chi connectivity index (χ0n) is 11.9. The molecule has 116 valence electrons. The number of rotatable bonds is 4. The van der Waals surface area contributed by atoms with E-state index in [-0.39, 0.29) is 10.6 Å². The molecule has 1 aromatic rings. The average molecular weight is 316 g/mol. The van der Waals surface area contributed by atoms with E-state index in [1.807, 2.05) is 4.90 Å². The molecule has 6 heteroatoms. The molecule has 1 unspecified atom stereocenters. The highest BCUT2D eigenvalue weighted by Crippen LogP contribution is 2.36. The van der Waals surface area contributed by atoms with Crippen molar-refractivity contribution in [2.45, 2.75) is 32.4 Å². The number of thiocarbonyl (C=S) groups is 1. The predicted octanol–water partition coefficient (Wildman–Crippen LogP) is 3.97. The molecule has 2 rings (SSSR count). The molecular formula is C15H19F3N2S. The van der Waals surface area contributed by atoms with Gasteiger partial charge >= 0.3 is 6.18 Å². The number of hydrogen-bond acceptors (Lipinski definition) is 2. The molecule has 1 aromatic carbocycles. The van der Waals surface area contributed by atoms with Crippen LogP contribution in [0, 0.1) is 5.92 Å². The number of benzene rings is 1. The number of nitrogens with two attached hydrogens (primary N) is 1. The Kier molecular flexibility index (Phi) is 4.76. The summed E-state index contributed by atoms with van der Waals surface area (Å²) < 4.78 is 39.4. The van der Waals surface area contributed by atoms with Crippen molar-refractivity contribution in [2.75, 3.05) is 18.0 Å². The highest BCUT2D eigenvalue weighted by Gasteiger charge is 2.35. The Morgan fingerprint density at radius 1 is 1.43 bits per heavy atom. The van der Waals surface area contributed by atoms with Gasteiger partial charge in [0.1, 0.15) is 4.99 Å². The normalized spacial score (nSPS) is 19.0. The summed E-state index contributed by atoms with van der Waals surface area (Å²) in [6.07, 6.45) is -1.19. The first kappa shape index (κ1) is 16.1. The van der Waals surface area contributed by atoms with E-state index < -0.39 is 11.7 Å². The van der Waals surface area contributed by atoms with Gasteiger partial charge in [-0.2, -0.15) is 13.2 Å². The molecule has 0 aliphatic carbocycles. The van der Waals surface area contributed by atoms with Crippen molar-refractivity contribution in [1.29, 1.82) is 0 Å². The van der Waals surface area contributed by atoms with Crippen LogP contribution in [0.2, 0.25) is 0 Å². The van der Waals surface area contributed by atoms with E-state index in [4.69, 9.17) is 18.0 Å². The fraction of sp³-hybridized carbons (Fsp3) is 0.533. The molecule has 1 saturated heterocycles. The Labute approximate surface area is 128 Å². The van der Waals surface area contributed by atoms with Gasteiger partial charge in [-0.05, 0) is 37.0 Å². The van der Waals surface area contributed by atoms with Gasteiger partial charge < -0.3 is 10.6 Å². The molecule has 1 aliphatic heterocycles. The van der Waals surface area contributed by atoms with Crippen LogP contribution in [0.3, 0.4) is 0 Å². The third-order valence-electron chi connectivity index (χ3n) is 3.92. The van der Waals surface area contributed by atoms with Crippen LogP contribution in [-0.4, -0.2) is 18.1 Å². The molecule has 0 radical (unpaired) electrons. The van der Waals surface area contributed by atoms with E-state index >= 15 is 0 Å². The van der Waals surface area contributed by atoms with Gasteiger partial charge in [0.15, 0.2) is 0 Å². The predicted molar refractivity (Wildman–Crippen MR) is 82.6 cm³/mol. The molecule has 0 amide bonds. The summed E-state index contributed by atoms with van der Waals surface area (Å²) in [5, 5.41) is 0. The third kappa shape index (κ3) is 3.67. The lowest BCUT2D eigenvalue weighted by atomic mass is 10.0. The zero-order valence-corrected chi connectivity index (χ0v) is 12.7. The Morgan fingerprint density at radius 3 is 2.71 bits per heavy atom. The second-order valence-corrected chi connectivity index (χ2v) is 5.92. The lowest BCUT2D eigenvalue weighted by Crippen LogP contribution is -2.22. The number of halogens is 3. The van der Waals surface area contributed by atoms with Crippen LogP contribution in [0.5, 0.6) is 0 Å². The quantitative estimate of drug-likeness (QED) is 0.852. The Morgan fingerprint density at radius 2 is 2.14 bits per heavy atom. The minimum absolute atomic E-state index is 0.106. The molecule has 0 spiro atoms. The number of hydrogen-bond donors (Lipinski definition) is 1.